The Morgan fingerprint density at radius 2 is 1.67 bits per heavy atom. The van der Waals surface area contributed by atoms with Gasteiger partial charge in [-0.1, -0.05) is 32.9 Å². The molecule has 24 heavy (non-hydrogen) atoms. The van der Waals surface area contributed by atoms with Crippen LogP contribution in [0.3, 0.4) is 0 Å². The molecule has 0 saturated carbocycles. The number of rotatable bonds is 5. The Morgan fingerprint density at radius 1 is 1.12 bits per heavy atom. The number of carbonyl (C=O) groups is 3. The maximum Gasteiger partial charge on any atom is 0.417 e. The van der Waals surface area contributed by atoms with E-state index in [0.717, 1.165) is 18.2 Å². The molecule has 0 saturated heterocycles. The molecule has 0 bridgehead atoms. The van der Waals surface area contributed by atoms with E-state index in [0.29, 0.717) is 0 Å². The number of hydrogen-bond donors (Lipinski definition) is 2. The first-order valence-electron chi connectivity index (χ1n) is 7.07. The van der Waals surface area contributed by atoms with Crippen LogP contribution in [0.5, 0.6) is 0 Å². The van der Waals surface area contributed by atoms with Gasteiger partial charge in [-0.05, 0) is 12.1 Å². The SMILES string of the molecule is CC(C)(C)C(=O)CC(NC(=O)c1ccccc1C(F)(F)F)C(=O)O. The van der Waals surface area contributed by atoms with E-state index in [-0.39, 0.29) is 0 Å². The number of aliphatic carboxylic acids is 1. The lowest BCUT2D eigenvalue weighted by Crippen LogP contribution is -2.44. The minimum Gasteiger partial charge on any atom is -0.480 e. The van der Waals surface area contributed by atoms with Crippen LogP contribution in [-0.4, -0.2) is 28.8 Å². The molecule has 0 radical (unpaired) electrons. The van der Waals surface area contributed by atoms with E-state index >= 15 is 0 Å². The number of carboxylic acids is 1. The van der Waals surface area contributed by atoms with Crippen LogP contribution < -0.4 is 5.32 Å². The second-order valence-electron chi connectivity index (χ2n) is 6.28. The lowest BCUT2D eigenvalue weighted by atomic mass is 9.87. The van der Waals surface area contributed by atoms with Gasteiger partial charge in [-0.2, -0.15) is 13.2 Å². The quantitative estimate of drug-likeness (QED) is 0.859. The van der Waals surface area contributed by atoms with Gasteiger partial charge in [0.15, 0.2) is 0 Å². The monoisotopic (exact) mass is 345 g/mol. The third-order valence-corrected chi connectivity index (χ3v) is 3.31. The third kappa shape index (κ3) is 5.07. The van der Waals surface area contributed by atoms with Crippen LogP contribution in [0.4, 0.5) is 13.2 Å². The molecule has 2 N–H and O–H groups in total. The van der Waals surface area contributed by atoms with Crippen molar-refractivity contribution in [2.45, 2.75) is 39.4 Å². The molecule has 0 aliphatic carbocycles. The summed E-state index contributed by atoms with van der Waals surface area (Å²) in [7, 11) is 0. The number of nitrogens with one attached hydrogen (secondary N) is 1. The van der Waals surface area contributed by atoms with Gasteiger partial charge in [0.25, 0.3) is 5.91 Å². The van der Waals surface area contributed by atoms with Crippen LogP contribution in [0.2, 0.25) is 0 Å². The number of halogens is 3. The summed E-state index contributed by atoms with van der Waals surface area (Å²) in [6, 6.07) is 2.43. The van der Waals surface area contributed by atoms with Crippen molar-refractivity contribution in [3.63, 3.8) is 0 Å². The number of ketones is 1. The number of carboxylic acid groups (broad SMARTS) is 1. The van der Waals surface area contributed by atoms with Crippen LogP contribution >= 0.6 is 0 Å². The zero-order chi connectivity index (χ0) is 18.7. The fraction of sp³-hybridized carbons (Fsp3) is 0.438. The third-order valence-electron chi connectivity index (χ3n) is 3.31. The Morgan fingerprint density at radius 3 is 2.12 bits per heavy atom. The summed E-state index contributed by atoms with van der Waals surface area (Å²) in [5.41, 5.74) is -2.70. The maximum absolute atomic E-state index is 12.9. The summed E-state index contributed by atoms with van der Waals surface area (Å²) in [4.78, 5) is 35.2. The van der Waals surface area contributed by atoms with Crippen molar-refractivity contribution in [3.05, 3.63) is 35.4 Å². The molecule has 1 unspecified atom stereocenters. The van der Waals surface area contributed by atoms with Crippen molar-refractivity contribution < 1.29 is 32.7 Å². The van der Waals surface area contributed by atoms with Crippen molar-refractivity contribution in [1.29, 1.82) is 0 Å². The molecule has 0 spiro atoms. The molecule has 1 atom stereocenters. The van der Waals surface area contributed by atoms with E-state index in [4.69, 9.17) is 5.11 Å². The van der Waals surface area contributed by atoms with Crippen LogP contribution in [0.15, 0.2) is 24.3 Å². The fourth-order valence-electron chi connectivity index (χ4n) is 1.86. The van der Waals surface area contributed by atoms with E-state index in [2.05, 4.69) is 0 Å². The zero-order valence-corrected chi connectivity index (χ0v) is 13.4. The van der Waals surface area contributed by atoms with E-state index in [9.17, 15) is 27.6 Å². The van der Waals surface area contributed by atoms with E-state index in [1.807, 2.05) is 5.32 Å². The Labute approximate surface area is 136 Å². The van der Waals surface area contributed by atoms with Crippen LogP contribution in [0, 0.1) is 5.41 Å². The molecule has 1 amide bonds. The number of carbonyl (C=O) groups excluding carboxylic acids is 2. The normalized spacial score (nSPS) is 13.2. The molecule has 132 valence electrons. The first-order valence-corrected chi connectivity index (χ1v) is 7.07. The van der Waals surface area contributed by atoms with E-state index in [1.165, 1.54) is 6.07 Å². The molecular weight excluding hydrogens is 327 g/mol. The number of alkyl halides is 3. The summed E-state index contributed by atoms with van der Waals surface area (Å²) in [5, 5.41) is 11.1. The minimum absolute atomic E-state index is 0.431. The predicted octanol–water partition coefficient (Wildman–Crippen LogP) is 2.89. The smallest absolute Gasteiger partial charge is 0.417 e. The van der Waals surface area contributed by atoms with Gasteiger partial charge in [0.2, 0.25) is 0 Å². The largest absolute Gasteiger partial charge is 0.480 e. The van der Waals surface area contributed by atoms with Crippen molar-refractivity contribution in [2.75, 3.05) is 0 Å². The van der Waals surface area contributed by atoms with Crippen LogP contribution in [0.1, 0.15) is 43.1 Å². The molecule has 0 aromatic heterocycles. The molecule has 1 aromatic carbocycles. The summed E-state index contributed by atoms with van der Waals surface area (Å²) in [6.45, 7) is 4.74. The van der Waals surface area contributed by atoms with Gasteiger partial charge in [-0.3, -0.25) is 9.59 Å². The summed E-state index contributed by atoms with van der Waals surface area (Å²) in [6.07, 6.45) is -5.27. The molecule has 5 nitrogen and oxygen atoms in total. The highest BCUT2D eigenvalue weighted by Gasteiger charge is 2.36. The predicted molar refractivity (Wildman–Crippen MR) is 79.4 cm³/mol. The van der Waals surface area contributed by atoms with Crippen LogP contribution in [0.25, 0.3) is 0 Å². The molecular formula is C16H18F3NO4. The highest BCUT2D eigenvalue weighted by molar-refractivity contribution is 5.99. The van der Waals surface area contributed by atoms with Crippen molar-refractivity contribution >= 4 is 17.7 Å². The van der Waals surface area contributed by atoms with Gasteiger partial charge in [-0.15, -0.1) is 0 Å². The van der Waals surface area contributed by atoms with Crippen LogP contribution in [-0.2, 0) is 15.8 Å². The molecule has 1 rings (SSSR count). The molecule has 0 heterocycles. The summed E-state index contributed by atoms with van der Waals surface area (Å²) < 4.78 is 38.8. The second kappa shape index (κ2) is 7.02. The molecule has 0 fully saturated rings. The molecule has 0 aliphatic rings. The van der Waals surface area contributed by atoms with Crippen molar-refractivity contribution in [1.82, 2.24) is 5.32 Å². The Balaban J connectivity index is 3.04. The highest BCUT2D eigenvalue weighted by Crippen LogP contribution is 2.31. The van der Waals surface area contributed by atoms with Crippen molar-refractivity contribution in [3.8, 4) is 0 Å². The van der Waals surface area contributed by atoms with Gasteiger partial charge in [0.05, 0.1) is 11.1 Å². The van der Waals surface area contributed by atoms with Gasteiger partial charge in [-0.25, -0.2) is 4.79 Å². The average molecular weight is 345 g/mol. The Kier molecular flexibility index (Phi) is 5.75. The Bertz CT molecular complexity index is 647. The van der Waals surface area contributed by atoms with Crippen molar-refractivity contribution in [2.24, 2.45) is 5.41 Å². The van der Waals surface area contributed by atoms with Gasteiger partial charge in [0, 0.05) is 11.8 Å². The van der Waals surface area contributed by atoms with E-state index in [1.54, 1.807) is 20.8 Å². The van der Waals surface area contributed by atoms with E-state index < -0.39 is 52.8 Å². The highest BCUT2D eigenvalue weighted by atomic mass is 19.4. The van der Waals surface area contributed by atoms with Gasteiger partial charge < -0.3 is 10.4 Å². The minimum atomic E-state index is -4.76. The molecule has 0 aliphatic heterocycles. The molecule has 1 aromatic rings. The topological polar surface area (TPSA) is 83.5 Å². The fourth-order valence-corrected chi connectivity index (χ4v) is 1.86. The first-order chi connectivity index (χ1) is 10.8. The lowest BCUT2D eigenvalue weighted by Gasteiger charge is -2.21. The first kappa shape index (κ1) is 19.7. The van der Waals surface area contributed by atoms with Gasteiger partial charge in [0.1, 0.15) is 11.8 Å². The zero-order valence-electron chi connectivity index (χ0n) is 13.4. The number of benzene rings is 1. The summed E-state index contributed by atoms with van der Waals surface area (Å²) in [5.74, 6) is -3.12. The second-order valence-corrected chi connectivity index (χ2v) is 6.28. The summed E-state index contributed by atoms with van der Waals surface area (Å²) >= 11 is 0. The average Bonchev–Trinajstić information content (AvgIpc) is 2.44. The number of Topliss-reactive ketones (excluding diaryl/α,β-unsaturated/α-hetero) is 1. The maximum atomic E-state index is 12.9. The lowest BCUT2D eigenvalue weighted by molar-refractivity contribution is -0.142. The standard InChI is InChI=1S/C16H18F3NO4/c1-15(2,3)12(21)8-11(14(23)24)20-13(22)9-6-4-5-7-10(9)16(17,18)19/h4-7,11H,8H2,1-3H3,(H,20,22)(H,23,24). The van der Waals surface area contributed by atoms with Gasteiger partial charge >= 0.3 is 12.1 Å². The number of hydrogen-bond acceptors (Lipinski definition) is 3. The number of amides is 1. The Hall–Kier alpha value is -2.38. The molecule has 8 heteroatoms.